The van der Waals surface area contributed by atoms with Gasteiger partial charge in [-0.1, -0.05) is 24.4 Å². The van der Waals surface area contributed by atoms with Gasteiger partial charge in [-0.3, -0.25) is 4.79 Å². The second-order valence-electron chi connectivity index (χ2n) is 4.59. The van der Waals surface area contributed by atoms with Gasteiger partial charge in [0.2, 0.25) is 0 Å². The summed E-state index contributed by atoms with van der Waals surface area (Å²) in [4.78, 5) is 12.7. The van der Waals surface area contributed by atoms with Gasteiger partial charge in [0.25, 0.3) is 5.91 Å². The molecule has 1 amide bonds. The number of hydrogen-bond donors (Lipinski definition) is 2. The number of thiophene rings is 1. The molecule has 1 aromatic heterocycles. The summed E-state index contributed by atoms with van der Waals surface area (Å²) < 4.78 is 0. The zero-order valence-corrected chi connectivity index (χ0v) is 11.4. The number of carbonyl (C=O) groups is 1. The molecule has 5 heteroatoms. The maximum atomic E-state index is 12.1. The van der Waals surface area contributed by atoms with Crippen molar-refractivity contribution in [3.05, 3.63) is 20.8 Å². The summed E-state index contributed by atoms with van der Waals surface area (Å²) in [5.41, 5.74) is 6.96. The standard InChI is InChI=1S/C12H17ClN2OS/c1-7-6-17-11(10(7)13)12(16)15-9-5-3-2-4-8(9)14/h6,8-9H,2-5,14H2,1H3,(H,15,16). The molecule has 1 aliphatic rings. The van der Waals surface area contributed by atoms with Crippen LogP contribution in [0.15, 0.2) is 5.38 Å². The zero-order valence-electron chi connectivity index (χ0n) is 9.83. The third-order valence-corrected chi connectivity index (χ3v) is 4.94. The molecular weight excluding hydrogens is 256 g/mol. The molecule has 2 unspecified atom stereocenters. The largest absolute Gasteiger partial charge is 0.347 e. The summed E-state index contributed by atoms with van der Waals surface area (Å²) >= 11 is 7.47. The average molecular weight is 273 g/mol. The normalized spacial score (nSPS) is 24.6. The zero-order chi connectivity index (χ0) is 12.4. The SMILES string of the molecule is Cc1csc(C(=O)NC2CCCCC2N)c1Cl. The van der Waals surface area contributed by atoms with Gasteiger partial charge >= 0.3 is 0 Å². The molecule has 1 heterocycles. The van der Waals surface area contributed by atoms with Crippen molar-refractivity contribution >= 4 is 28.8 Å². The number of nitrogens with two attached hydrogens (primary N) is 1. The molecule has 0 bridgehead atoms. The number of aryl methyl sites for hydroxylation is 1. The molecular formula is C12H17ClN2OS. The second kappa shape index (κ2) is 5.38. The molecule has 2 atom stereocenters. The Balaban J connectivity index is 2.03. The highest BCUT2D eigenvalue weighted by molar-refractivity contribution is 7.13. The van der Waals surface area contributed by atoms with E-state index in [0.717, 1.165) is 31.2 Å². The van der Waals surface area contributed by atoms with Crippen molar-refractivity contribution < 1.29 is 4.79 Å². The first kappa shape index (κ1) is 12.9. The van der Waals surface area contributed by atoms with E-state index in [4.69, 9.17) is 17.3 Å². The number of hydrogen-bond acceptors (Lipinski definition) is 3. The molecule has 3 nitrogen and oxygen atoms in total. The van der Waals surface area contributed by atoms with Crippen molar-refractivity contribution in [1.82, 2.24) is 5.32 Å². The highest BCUT2D eigenvalue weighted by atomic mass is 35.5. The monoisotopic (exact) mass is 272 g/mol. The van der Waals surface area contributed by atoms with Gasteiger partial charge in [0.05, 0.1) is 5.02 Å². The fourth-order valence-corrected chi connectivity index (χ4v) is 3.34. The van der Waals surface area contributed by atoms with Gasteiger partial charge in [0, 0.05) is 12.1 Å². The summed E-state index contributed by atoms with van der Waals surface area (Å²) in [6, 6.07) is 0.169. The molecule has 0 spiro atoms. The Hall–Kier alpha value is -0.580. The topological polar surface area (TPSA) is 55.1 Å². The molecule has 94 valence electrons. The first-order valence-electron chi connectivity index (χ1n) is 5.89. The van der Waals surface area contributed by atoms with E-state index in [0.29, 0.717) is 9.90 Å². The van der Waals surface area contributed by atoms with Crippen molar-refractivity contribution in [2.24, 2.45) is 5.73 Å². The Bertz CT molecular complexity index is 419. The Morgan fingerprint density at radius 3 is 2.82 bits per heavy atom. The van der Waals surface area contributed by atoms with Crippen LogP contribution in [0.1, 0.15) is 40.9 Å². The lowest BCUT2D eigenvalue weighted by atomic mass is 9.91. The van der Waals surface area contributed by atoms with E-state index >= 15 is 0 Å². The van der Waals surface area contributed by atoms with Crippen LogP contribution < -0.4 is 11.1 Å². The van der Waals surface area contributed by atoms with Gasteiger partial charge in [0.1, 0.15) is 4.88 Å². The fourth-order valence-electron chi connectivity index (χ4n) is 2.16. The maximum absolute atomic E-state index is 12.1. The molecule has 17 heavy (non-hydrogen) atoms. The molecule has 1 aliphatic carbocycles. The van der Waals surface area contributed by atoms with Crippen LogP contribution in [0, 0.1) is 6.92 Å². The Morgan fingerprint density at radius 2 is 2.24 bits per heavy atom. The van der Waals surface area contributed by atoms with Crippen molar-refractivity contribution in [2.75, 3.05) is 0 Å². The minimum absolute atomic E-state index is 0.0764. The molecule has 0 aromatic carbocycles. The van der Waals surface area contributed by atoms with Gasteiger partial charge in [-0.05, 0) is 30.7 Å². The molecule has 0 aliphatic heterocycles. The van der Waals surface area contributed by atoms with Crippen LogP contribution >= 0.6 is 22.9 Å². The molecule has 0 radical (unpaired) electrons. The third-order valence-electron chi connectivity index (χ3n) is 3.24. The average Bonchev–Trinajstić information content (AvgIpc) is 2.63. The molecule has 0 saturated heterocycles. The number of halogens is 1. The molecule has 2 rings (SSSR count). The predicted molar refractivity (Wildman–Crippen MR) is 71.8 cm³/mol. The van der Waals surface area contributed by atoms with Gasteiger partial charge < -0.3 is 11.1 Å². The van der Waals surface area contributed by atoms with Gasteiger partial charge in [0.15, 0.2) is 0 Å². The highest BCUT2D eigenvalue weighted by Crippen LogP contribution is 2.27. The first-order valence-corrected chi connectivity index (χ1v) is 7.15. The number of carbonyl (C=O) groups excluding carboxylic acids is 1. The number of nitrogens with one attached hydrogen (secondary N) is 1. The summed E-state index contributed by atoms with van der Waals surface area (Å²) in [5.74, 6) is -0.0875. The summed E-state index contributed by atoms with van der Waals surface area (Å²) in [5, 5.41) is 5.47. The van der Waals surface area contributed by atoms with Gasteiger partial charge in [-0.2, -0.15) is 0 Å². The molecule has 1 aromatic rings. The lowest BCUT2D eigenvalue weighted by molar-refractivity contribution is 0.0925. The van der Waals surface area contributed by atoms with Crippen LogP contribution in [0.5, 0.6) is 0 Å². The van der Waals surface area contributed by atoms with E-state index in [1.165, 1.54) is 11.3 Å². The lowest BCUT2D eigenvalue weighted by Crippen LogP contribution is -2.49. The highest BCUT2D eigenvalue weighted by Gasteiger charge is 2.25. The smallest absolute Gasteiger partial charge is 0.263 e. The quantitative estimate of drug-likeness (QED) is 0.870. The van der Waals surface area contributed by atoms with E-state index in [-0.39, 0.29) is 18.0 Å². The van der Waals surface area contributed by atoms with Crippen LogP contribution in [0.3, 0.4) is 0 Å². The predicted octanol–water partition coefficient (Wildman–Crippen LogP) is 2.71. The minimum atomic E-state index is -0.0875. The molecule has 1 saturated carbocycles. The fraction of sp³-hybridized carbons (Fsp3) is 0.583. The summed E-state index contributed by atoms with van der Waals surface area (Å²) in [6.07, 6.45) is 4.25. The van der Waals surface area contributed by atoms with Crippen LogP contribution in [0.25, 0.3) is 0 Å². The van der Waals surface area contributed by atoms with E-state index in [2.05, 4.69) is 5.32 Å². The van der Waals surface area contributed by atoms with Crippen LogP contribution in [0.2, 0.25) is 5.02 Å². The van der Waals surface area contributed by atoms with E-state index in [1.807, 2.05) is 12.3 Å². The number of amides is 1. The summed E-state index contributed by atoms with van der Waals surface area (Å²) in [6.45, 7) is 1.90. The lowest BCUT2D eigenvalue weighted by Gasteiger charge is -2.29. The van der Waals surface area contributed by atoms with Crippen LogP contribution in [-0.4, -0.2) is 18.0 Å². The Labute approximate surface area is 110 Å². The van der Waals surface area contributed by atoms with E-state index in [1.54, 1.807) is 0 Å². The van der Waals surface area contributed by atoms with E-state index in [9.17, 15) is 4.79 Å². The Kier molecular flexibility index (Phi) is 4.07. The van der Waals surface area contributed by atoms with Crippen LogP contribution in [0.4, 0.5) is 0 Å². The summed E-state index contributed by atoms with van der Waals surface area (Å²) in [7, 11) is 0. The van der Waals surface area contributed by atoms with Crippen molar-refractivity contribution in [3.63, 3.8) is 0 Å². The van der Waals surface area contributed by atoms with Crippen LogP contribution in [-0.2, 0) is 0 Å². The van der Waals surface area contributed by atoms with Crippen molar-refractivity contribution in [1.29, 1.82) is 0 Å². The first-order chi connectivity index (χ1) is 8.09. The third kappa shape index (κ3) is 2.81. The number of rotatable bonds is 2. The molecule has 1 fully saturated rings. The van der Waals surface area contributed by atoms with Gasteiger partial charge in [-0.25, -0.2) is 0 Å². The molecule has 3 N–H and O–H groups in total. The van der Waals surface area contributed by atoms with E-state index < -0.39 is 0 Å². The van der Waals surface area contributed by atoms with Crippen molar-refractivity contribution in [2.45, 2.75) is 44.7 Å². The second-order valence-corrected chi connectivity index (χ2v) is 5.85. The maximum Gasteiger partial charge on any atom is 0.263 e. The van der Waals surface area contributed by atoms with Gasteiger partial charge in [-0.15, -0.1) is 11.3 Å². The minimum Gasteiger partial charge on any atom is -0.347 e. The Morgan fingerprint density at radius 1 is 1.53 bits per heavy atom. The van der Waals surface area contributed by atoms with Crippen molar-refractivity contribution in [3.8, 4) is 0 Å².